The Morgan fingerprint density at radius 3 is 1.46 bits per heavy atom. The zero-order chi connectivity index (χ0) is 26.0. The second-order valence-corrected chi connectivity index (χ2v) is 9.63. The fourth-order valence-corrected chi connectivity index (χ4v) is 5.69. The molecule has 1 aliphatic heterocycles. The highest BCUT2D eigenvalue weighted by Crippen LogP contribution is 2.45. The molecule has 3 nitrogen and oxygen atoms in total. The molecule has 0 unspecified atom stereocenters. The van der Waals surface area contributed by atoms with Crippen molar-refractivity contribution in [2.75, 3.05) is 9.62 Å². The molecule has 0 atom stereocenters. The van der Waals surface area contributed by atoms with E-state index in [1.807, 2.05) is 12.3 Å². The van der Waals surface area contributed by atoms with Gasteiger partial charge >= 0.3 is 6.98 Å². The number of para-hydroxylation sites is 2. The minimum absolute atomic E-state index is 0.175. The van der Waals surface area contributed by atoms with E-state index in [0.717, 1.165) is 22.9 Å². The molecule has 184 valence electrons. The van der Waals surface area contributed by atoms with E-state index in [2.05, 4.69) is 155 Å². The van der Waals surface area contributed by atoms with E-state index in [0.29, 0.717) is 0 Å². The average molecular weight is 499 g/mol. The maximum Gasteiger partial charge on any atom is 0.423 e. The standard InChI is InChI=1S/C35H26BN3/c1-5-15-27(16-6-1)31-23-13-24-32(28-17-7-2-8-18-28)34(31)36-38(29-19-9-3-10-20-29)33-25-14-26-37-35(33)39(36)30-21-11-4-12-22-30/h1-26H. The maximum absolute atomic E-state index is 4.96. The van der Waals surface area contributed by atoms with Crippen molar-refractivity contribution in [1.29, 1.82) is 0 Å². The number of fused-ring (bicyclic) bond motifs is 1. The van der Waals surface area contributed by atoms with Gasteiger partial charge in [0, 0.05) is 17.6 Å². The summed E-state index contributed by atoms with van der Waals surface area (Å²) >= 11 is 0. The van der Waals surface area contributed by atoms with Crippen LogP contribution in [0.3, 0.4) is 0 Å². The van der Waals surface area contributed by atoms with Crippen LogP contribution in [-0.2, 0) is 0 Å². The average Bonchev–Trinajstić information content (AvgIpc) is 3.37. The molecule has 6 aromatic rings. The number of hydrogen-bond donors (Lipinski definition) is 0. The molecule has 0 bridgehead atoms. The van der Waals surface area contributed by atoms with Gasteiger partial charge in [-0.15, -0.1) is 0 Å². The van der Waals surface area contributed by atoms with Gasteiger partial charge in [0.15, 0.2) is 0 Å². The van der Waals surface area contributed by atoms with Gasteiger partial charge in [-0.05, 0) is 64.1 Å². The summed E-state index contributed by atoms with van der Waals surface area (Å²) in [4.78, 5) is 9.78. The lowest BCUT2D eigenvalue weighted by Crippen LogP contribution is -2.54. The van der Waals surface area contributed by atoms with Crippen LogP contribution in [0, 0.1) is 0 Å². The molecule has 0 fully saturated rings. The summed E-state index contributed by atoms with van der Waals surface area (Å²) in [7, 11) is 0. The largest absolute Gasteiger partial charge is 0.423 e. The van der Waals surface area contributed by atoms with Crippen LogP contribution in [-0.4, -0.2) is 12.0 Å². The van der Waals surface area contributed by atoms with Crippen LogP contribution in [0.1, 0.15) is 0 Å². The predicted octanol–water partition coefficient (Wildman–Crippen LogP) is 8.10. The molecule has 0 aliphatic carbocycles. The Balaban J connectivity index is 1.58. The molecule has 0 saturated heterocycles. The maximum atomic E-state index is 4.96. The van der Waals surface area contributed by atoms with E-state index in [1.165, 1.54) is 27.7 Å². The number of aromatic nitrogens is 1. The van der Waals surface area contributed by atoms with Crippen molar-refractivity contribution in [2.24, 2.45) is 0 Å². The number of hydrogen-bond acceptors (Lipinski definition) is 3. The number of anilines is 4. The molecular weight excluding hydrogens is 473 g/mol. The summed E-state index contributed by atoms with van der Waals surface area (Å²) in [6, 6.07) is 53.6. The van der Waals surface area contributed by atoms with Crippen LogP contribution in [0.25, 0.3) is 22.3 Å². The first-order valence-corrected chi connectivity index (χ1v) is 13.3. The van der Waals surface area contributed by atoms with Gasteiger partial charge in [-0.2, -0.15) is 0 Å². The summed E-state index contributed by atoms with van der Waals surface area (Å²) in [5.74, 6) is 0.944. The van der Waals surface area contributed by atoms with E-state index in [4.69, 9.17) is 4.98 Å². The van der Waals surface area contributed by atoms with E-state index in [-0.39, 0.29) is 6.98 Å². The highest BCUT2D eigenvalue weighted by molar-refractivity contribution is 6.86. The number of benzene rings is 5. The molecule has 1 aromatic heterocycles. The third-order valence-corrected chi connectivity index (χ3v) is 7.35. The lowest BCUT2D eigenvalue weighted by atomic mass is 9.59. The van der Waals surface area contributed by atoms with Gasteiger partial charge in [0.25, 0.3) is 0 Å². The van der Waals surface area contributed by atoms with Crippen molar-refractivity contribution in [1.82, 2.24) is 4.98 Å². The zero-order valence-electron chi connectivity index (χ0n) is 21.4. The van der Waals surface area contributed by atoms with Gasteiger partial charge in [0.1, 0.15) is 5.82 Å². The van der Waals surface area contributed by atoms with Crippen molar-refractivity contribution in [2.45, 2.75) is 0 Å². The van der Waals surface area contributed by atoms with Gasteiger partial charge in [0.2, 0.25) is 0 Å². The van der Waals surface area contributed by atoms with Gasteiger partial charge in [-0.3, -0.25) is 0 Å². The normalized spacial score (nSPS) is 12.5. The molecule has 0 saturated carbocycles. The Morgan fingerprint density at radius 1 is 0.436 bits per heavy atom. The molecule has 1 aliphatic rings. The van der Waals surface area contributed by atoms with Crippen LogP contribution in [0.5, 0.6) is 0 Å². The summed E-state index contributed by atoms with van der Waals surface area (Å²) in [5.41, 5.74) is 9.33. The monoisotopic (exact) mass is 499 g/mol. The molecule has 0 spiro atoms. The van der Waals surface area contributed by atoms with Crippen molar-refractivity contribution >= 4 is 35.3 Å². The van der Waals surface area contributed by atoms with Crippen LogP contribution in [0.4, 0.5) is 22.9 Å². The second-order valence-electron chi connectivity index (χ2n) is 9.63. The minimum Gasteiger partial charge on any atom is -0.359 e. The van der Waals surface area contributed by atoms with Crippen molar-refractivity contribution < 1.29 is 0 Å². The highest BCUT2D eigenvalue weighted by Gasteiger charge is 2.46. The predicted molar refractivity (Wildman–Crippen MR) is 164 cm³/mol. The topological polar surface area (TPSA) is 19.4 Å². The van der Waals surface area contributed by atoms with Crippen molar-refractivity contribution in [3.63, 3.8) is 0 Å². The van der Waals surface area contributed by atoms with Crippen LogP contribution >= 0.6 is 0 Å². The zero-order valence-corrected chi connectivity index (χ0v) is 21.4. The SMILES string of the molecule is c1ccc(-c2cccc(-c3ccccc3)c2B2N(c3ccccc3)c3cccnc3N2c2ccccc2)cc1. The third-order valence-electron chi connectivity index (χ3n) is 7.35. The van der Waals surface area contributed by atoms with Crippen LogP contribution < -0.4 is 15.1 Å². The Kier molecular flexibility index (Phi) is 5.91. The first kappa shape index (κ1) is 23.1. The number of nitrogens with zero attached hydrogens (tertiary/aromatic N) is 3. The Bertz CT molecular complexity index is 1580. The molecule has 7 rings (SSSR count). The van der Waals surface area contributed by atoms with E-state index in [9.17, 15) is 0 Å². The van der Waals surface area contributed by atoms with Crippen molar-refractivity contribution in [3.8, 4) is 22.3 Å². The molecule has 39 heavy (non-hydrogen) atoms. The fraction of sp³-hybridized carbons (Fsp3) is 0. The van der Waals surface area contributed by atoms with Gasteiger partial charge in [0.05, 0.1) is 5.69 Å². The summed E-state index contributed by atoms with van der Waals surface area (Å²) in [6.07, 6.45) is 1.89. The smallest absolute Gasteiger partial charge is 0.359 e. The Morgan fingerprint density at radius 2 is 0.923 bits per heavy atom. The fourth-order valence-electron chi connectivity index (χ4n) is 5.69. The molecular formula is C35H26BN3. The number of rotatable bonds is 5. The molecule has 5 aromatic carbocycles. The summed E-state index contributed by atoms with van der Waals surface area (Å²) < 4.78 is 0. The summed E-state index contributed by atoms with van der Waals surface area (Å²) in [5, 5.41) is 0. The van der Waals surface area contributed by atoms with Gasteiger partial charge < -0.3 is 9.62 Å². The molecule has 0 N–H and O–H groups in total. The van der Waals surface area contributed by atoms with Gasteiger partial charge in [-0.25, -0.2) is 4.98 Å². The molecule has 2 heterocycles. The third kappa shape index (κ3) is 4.07. The molecule has 0 amide bonds. The lowest BCUT2D eigenvalue weighted by molar-refractivity contribution is 1.26. The quantitative estimate of drug-likeness (QED) is 0.224. The highest BCUT2D eigenvalue weighted by atomic mass is 15.3. The van der Waals surface area contributed by atoms with E-state index in [1.54, 1.807) is 0 Å². The first-order valence-electron chi connectivity index (χ1n) is 13.3. The van der Waals surface area contributed by atoms with E-state index >= 15 is 0 Å². The molecule has 0 radical (unpaired) electrons. The lowest BCUT2D eigenvalue weighted by Gasteiger charge is -2.32. The summed E-state index contributed by atoms with van der Waals surface area (Å²) in [6.45, 7) is -0.175. The van der Waals surface area contributed by atoms with Gasteiger partial charge in [-0.1, -0.05) is 115 Å². The first-order chi connectivity index (χ1) is 19.4. The molecule has 4 heteroatoms. The Hall–Kier alpha value is -5.09. The second kappa shape index (κ2) is 10.00. The Labute approximate surface area is 229 Å². The minimum atomic E-state index is -0.175. The van der Waals surface area contributed by atoms with Crippen LogP contribution in [0.15, 0.2) is 158 Å². The van der Waals surface area contributed by atoms with Crippen molar-refractivity contribution in [3.05, 3.63) is 158 Å². The van der Waals surface area contributed by atoms with Crippen LogP contribution in [0.2, 0.25) is 0 Å². The number of pyridine rings is 1. The van der Waals surface area contributed by atoms with E-state index < -0.39 is 0 Å².